The van der Waals surface area contributed by atoms with Gasteiger partial charge in [0.25, 0.3) is 5.91 Å². The molecule has 1 aromatic heterocycles. The molecule has 1 heterocycles. The molecule has 0 aliphatic heterocycles. The van der Waals surface area contributed by atoms with Gasteiger partial charge in [-0.2, -0.15) is 0 Å². The number of carbonyl (C=O) groups is 1. The second-order valence-electron chi connectivity index (χ2n) is 2.72. The number of amides is 1. The average Bonchev–Trinajstić information content (AvgIpc) is 2.18. The van der Waals surface area contributed by atoms with Gasteiger partial charge in [-0.25, -0.2) is 0 Å². The molecule has 4 heteroatoms. The molecule has 0 spiro atoms. The van der Waals surface area contributed by atoms with Crippen molar-refractivity contribution in [2.24, 2.45) is 0 Å². The number of aromatic nitrogens is 1. The lowest BCUT2D eigenvalue weighted by atomic mass is 10.2. The van der Waals surface area contributed by atoms with Crippen LogP contribution in [0.2, 0.25) is 5.02 Å². The lowest BCUT2D eigenvalue weighted by molar-refractivity contribution is 0.0812. The van der Waals surface area contributed by atoms with Crippen molar-refractivity contribution in [2.45, 2.75) is 0 Å². The van der Waals surface area contributed by atoms with Gasteiger partial charge in [0.2, 0.25) is 0 Å². The zero-order valence-corrected chi connectivity index (χ0v) is 8.45. The molecule has 0 atom stereocenters. The van der Waals surface area contributed by atoms with Gasteiger partial charge >= 0.3 is 0 Å². The molecule has 1 rings (SSSR count). The number of terminal acetylenes is 1. The quantitative estimate of drug-likeness (QED) is 0.690. The third kappa shape index (κ3) is 2.24. The first-order valence-electron chi connectivity index (χ1n) is 3.95. The summed E-state index contributed by atoms with van der Waals surface area (Å²) in [5.74, 6) is 2.16. The fourth-order valence-corrected chi connectivity index (χ4v) is 1.14. The summed E-state index contributed by atoms with van der Waals surface area (Å²) in [6.07, 6.45) is 8.05. The van der Waals surface area contributed by atoms with E-state index in [9.17, 15) is 4.79 Å². The van der Waals surface area contributed by atoms with E-state index in [-0.39, 0.29) is 12.5 Å². The second kappa shape index (κ2) is 4.64. The minimum Gasteiger partial charge on any atom is -0.330 e. The Morgan fingerprint density at radius 2 is 2.50 bits per heavy atom. The number of pyridine rings is 1. The van der Waals surface area contributed by atoms with Crippen molar-refractivity contribution in [3.63, 3.8) is 0 Å². The van der Waals surface area contributed by atoms with Crippen LogP contribution in [0.3, 0.4) is 0 Å². The molecule has 0 saturated heterocycles. The highest BCUT2D eigenvalue weighted by Gasteiger charge is 2.13. The van der Waals surface area contributed by atoms with E-state index in [1.54, 1.807) is 13.1 Å². The van der Waals surface area contributed by atoms with Crippen LogP contribution in [-0.2, 0) is 0 Å². The van der Waals surface area contributed by atoms with E-state index < -0.39 is 0 Å². The molecule has 0 N–H and O–H groups in total. The third-order valence-electron chi connectivity index (χ3n) is 1.67. The number of hydrogen-bond acceptors (Lipinski definition) is 2. The van der Waals surface area contributed by atoms with Crippen molar-refractivity contribution in [1.82, 2.24) is 9.88 Å². The third-order valence-corrected chi connectivity index (χ3v) is 2.00. The number of carbonyl (C=O) groups excluding carboxylic acids is 1. The van der Waals surface area contributed by atoms with Crippen molar-refractivity contribution in [3.8, 4) is 12.3 Å². The molecule has 3 nitrogen and oxygen atoms in total. The summed E-state index contributed by atoms with van der Waals surface area (Å²) >= 11 is 5.82. The molecule has 0 radical (unpaired) electrons. The van der Waals surface area contributed by atoms with E-state index in [1.165, 1.54) is 17.3 Å². The van der Waals surface area contributed by atoms with E-state index >= 15 is 0 Å². The SMILES string of the molecule is C#CCN(C)C(=O)c1cnccc1Cl. The minimum atomic E-state index is -0.221. The molecule has 0 unspecified atom stereocenters. The van der Waals surface area contributed by atoms with Gasteiger partial charge in [-0.15, -0.1) is 6.42 Å². The van der Waals surface area contributed by atoms with Crippen LogP contribution in [0.25, 0.3) is 0 Å². The highest BCUT2D eigenvalue weighted by Crippen LogP contribution is 2.14. The van der Waals surface area contributed by atoms with Crippen molar-refractivity contribution >= 4 is 17.5 Å². The maximum absolute atomic E-state index is 11.7. The van der Waals surface area contributed by atoms with Crippen LogP contribution in [0.1, 0.15) is 10.4 Å². The molecule has 72 valence electrons. The van der Waals surface area contributed by atoms with Gasteiger partial charge in [-0.05, 0) is 6.07 Å². The van der Waals surface area contributed by atoms with Crippen LogP contribution in [0.15, 0.2) is 18.5 Å². The number of halogens is 1. The van der Waals surface area contributed by atoms with E-state index in [0.29, 0.717) is 10.6 Å². The van der Waals surface area contributed by atoms with Gasteiger partial charge in [-0.3, -0.25) is 9.78 Å². The summed E-state index contributed by atoms with van der Waals surface area (Å²) in [7, 11) is 1.62. The summed E-state index contributed by atoms with van der Waals surface area (Å²) in [5.41, 5.74) is 0.368. The first-order chi connectivity index (χ1) is 6.66. The molecule has 0 aromatic carbocycles. The van der Waals surface area contributed by atoms with Gasteiger partial charge in [-0.1, -0.05) is 17.5 Å². The van der Waals surface area contributed by atoms with Crippen molar-refractivity contribution < 1.29 is 4.79 Å². The lowest BCUT2D eigenvalue weighted by Crippen LogP contribution is -2.27. The molecule has 0 bridgehead atoms. The van der Waals surface area contributed by atoms with Crippen LogP contribution in [0, 0.1) is 12.3 Å². The van der Waals surface area contributed by atoms with Crippen LogP contribution >= 0.6 is 11.6 Å². The minimum absolute atomic E-state index is 0.221. The predicted octanol–water partition coefficient (Wildman–Crippen LogP) is 1.44. The Bertz CT molecular complexity index is 384. The summed E-state index contributed by atoms with van der Waals surface area (Å²) in [5, 5.41) is 0.383. The number of rotatable bonds is 2. The van der Waals surface area contributed by atoms with E-state index in [0.717, 1.165) is 0 Å². The molecule has 0 saturated carbocycles. The molecular weight excluding hydrogens is 200 g/mol. The Kier molecular flexibility index (Phi) is 3.49. The second-order valence-corrected chi connectivity index (χ2v) is 3.13. The summed E-state index contributed by atoms with van der Waals surface area (Å²) < 4.78 is 0. The van der Waals surface area contributed by atoms with Gasteiger partial charge in [0.15, 0.2) is 0 Å². The molecule has 0 aliphatic carbocycles. The summed E-state index contributed by atoms with van der Waals surface area (Å²) in [6, 6.07) is 1.57. The van der Waals surface area contributed by atoms with Gasteiger partial charge in [0.1, 0.15) is 0 Å². The van der Waals surface area contributed by atoms with Crippen LogP contribution < -0.4 is 0 Å². The Morgan fingerprint density at radius 1 is 1.79 bits per heavy atom. The van der Waals surface area contributed by atoms with Gasteiger partial charge in [0.05, 0.1) is 17.1 Å². The van der Waals surface area contributed by atoms with Gasteiger partial charge < -0.3 is 4.90 Å². The maximum atomic E-state index is 11.7. The monoisotopic (exact) mass is 208 g/mol. The van der Waals surface area contributed by atoms with Crippen molar-refractivity contribution in [3.05, 3.63) is 29.0 Å². The summed E-state index contributed by atoms with van der Waals surface area (Å²) in [4.78, 5) is 16.9. The van der Waals surface area contributed by atoms with Crippen molar-refractivity contribution in [2.75, 3.05) is 13.6 Å². The fourth-order valence-electron chi connectivity index (χ4n) is 0.949. The highest BCUT2D eigenvalue weighted by atomic mass is 35.5. The molecule has 1 aromatic rings. The Hall–Kier alpha value is -1.53. The highest BCUT2D eigenvalue weighted by molar-refractivity contribution is 6.33. The van der Waals surface area contributed by atoms with Gasteiger partial charge in [0, 0.05) is 19.4 Å². The average molecular weight is 209 g/mol. The van der Waals surface area contributed by atoms with E-state index in [4.69, 9.17) is 18.0 Å². The maximum Gasteiger partial charge on any atom is 0.257 e. The van der Waals surface area contributed by atoms with E-state index in [2.05, 4.69) is 10.9 Å². The first kappa shape index (κ1) is 10.6. The Morgan fingerprint density at radius 3 is 3.07 bits per heavy atom. The van der Waals surface area contributed by atoms with Crippen LogP contribution in [-0.4, -0.2) is 29.4 Å². The standard InChI is InChI=1S/C10H9ClN2O/c1-3-6-13(2)10(14)8-7-12-5-4-9(8)11/h1,4-5,7H,6H2,2H3. The Balaban J connectivity index is 2.91. The smallest absolute Gasteiger partial charge is 0.257 e. The van der Waals surface area contributed by atoms with Crippen LogP contribution in [0.5, 0.6) is 0 Å². The topological polar surface area (TPSA) is 33.2 Å². The molecule has 0 fully saturated rings. The normalized spacial score (nSPS) is 9.21. The fraction of sp³-hybridized carbons (Fsp3) is 0.200. The predicted molar refractivity (Wildman–Crippen MR) is 55.0 cm³/mol. The number of hydrogen-bond donors (Lipinski definition) is 0. The number of nitrogens with zero attached hydrogens (tertiary/aromatic N) is 2. The molecule has 0 aliphatic rings. The van der Waals surface area contributed by atoms with Crippen LogP contribution in [0.4, 0.5) is 0 Å². The van der Waals surface area contributed by atoms with Crippen molar-refractivity contribution in [1.29, 1.82) is 0 Å². The lowest BCUT2D eigenvalue weighted by Gasteiger charge is -2.13. The largest absolute Gasteiger partial charge is 0.330 e. The van der Waals surface area contributed by atoms with E-state index in [1.807, 2.05) is 0 Å². The zero-order chi connectivity index (χ0) is 10.6. The molecule has 1 amide bonds. The first-order valence-corrected chi connectivity index (χ1v) is 4.33. The Labute approximate surface area is 87.7 Å². The molecule has 14 heavy (non-hydrogen) atoms. The summed E-state index contributed by atoms with van der Waals surface area (Å²) in [6.45, 7) is 0.254. The molecular formula is C10H9ClN2O. The zero-order valence-electron chi connectivity index (χ0n) is 7.70.